The number of alkyl halides is 2. The SMILES string of the molecule is FC1(F)CCOc2ccc(Br)cc21. The lowest BCUT2D eigenvalue weighted by atomic mass is 10.0. The summed E-state index contributed by atoms with van der Waals surface area (Å²) in [6.45, 7) is 0.0850. The Morgan fingerprint density at radius 2 is 2.15 bits per heavy atom. The van der Waals surface area contributed by atoms with Crippen LogP contribution in [0.3, 0.4) is 0 Å². The molecule has 70 valence electrons. The van der Waals surface area contributed by atoms with Crippen molar-refractivity contribution < 1.29 is 13.5 Å². The summed E-state index contributed by atoms with van der Waals surface area (Å²) >= 11 is 3.15. The lowest BCUT2D eigenvalue weighted by molar-refractivity contribution is -0.0405. The smallest absolute Gasteiger partial charge is 0.280 e. The highest BCUT2D eigenvalue weighted by atomic mass is 79.9. The second-order valence-electron chi connectivity index (χ2n) is 2.94. The first-order valence-electron chi connectivity index (χ1n) is 3.90. The van der Waals surface area contributed by atoms with Crippen molar-refractivity contribution in [1.82, 2.24) is 0 Å². The van der Waals surface area contributed by atoms with Crippen LogP contribution < -0.4 is 4.74 Å². The molecule has 0 bridgehead atoms. The standard InChI is InChI=1S/C9H7BrF2O/c10-6-1-2-8-7(5-6)9(11,12)3-4-13-8/h1-2,5H,3-4H2. The summed E-state index contributed by atoms with van der Waals surface area (Å²) in [4.78, 5) is 0. The molecule has 0 unspecified atom stereocenters. The summed E-state index contributed by atoms with van der Waals surface area (Å²) in [5, 5.41) is 0. The molecule has 0 spiro atoms. The third-order valence-corrected chi connectivity index (χ3v) is 2.50. The quantitative estimate of drug-likeness (QED) is 0.685. The van der Waals surface area contributed by atoms with Gasteiger partial charge in [-0.25, -0.2) is 8.78 Å². The fraction of sp³-hybridized carbons (Fsp3) is 0.333. The number of benzene rings is 1. The molecule has 4 heteroatoms. The summed E-state index contributed by atoms with van der Waals surface area (Å²) in [7, 11) is 0. The fourth-order valence-electron chi connectivity index (χ4n) is 1.34. The second-order valence-corrected chi connectivity index (χ2v) is 3.86. The Balaban J connectivity index is 2.55. The molecular formula is C9H7BrF2O. The molecule has 1 aromatic carbocycles. The Kier molecular flexibility index (Phi) is 2.02. The van der Waals surface area contributed by atoms with Crippen LogP contribution in [0.1, 0.15) is 12.0 Å². The lowest BCUT2D eigenvalue weighted by Gasteiger charge is -2.25. The van der Waals surface area contributed by atoms with Crippen LogP contribution in [0.15, 0.2) is 22.7 Å². The van der Waals surface area contributed by atoms with Crippen LogP contribution in [0.2, 0.25) is 0 Å². The molecule has 0 saturated carbocycles. The van der Waals surface area contributed by atoms with Gasteiger partial charge >= 0.3 is 0 Å². The van der Waals surface area contributed by atoms with E-state index in [1.165, 1.54) is 6.07 Å². The van der Waals surface area contributed by atoms with Gasteiger partial charge in [0.1, 0.15) is 5.75 Å². The van der Waals surface area contributed by atoms with Crippen molar-refractivity contribution in [1.29, 1.82) is 0 Å². The van der Waals surface area contributed by atoms with Gasteiger partial charge in [0.15, 0.2) is 0 Å². The number of fused-ring (bicyclic) bond motifs is 1. The van der Waals surface area contributed by atoms with Gasteiger partial charge in [0.2, 0.25) is 0 Å². The van der Waals surface area contributed by atoms with Crippen LogP contribution in [0.4, 0.5) is 8.78 Å². The monoisotopic (exact) mass is 248 g/mol. The zero-order valence-electron chi connectivity index (χ0n) is 6.69. The van der Waals surface area contributed by atoms with Gasteiger partial charge in [0.05, 0.1) is 18.6 Å². The van der Waals surface area contributed by atoms with Gasteiger partial charge < -0.3 is 4.74 Å². The summed E-state index contributed by atoms with van der Waals surface area (Å²) in [5.74, 6) is -2.46. The van der Waals surface area contributed by atoms with Crippen LogP contribution >= 0.6 is 15.9 Å². The van der Waals surface area contributed by atoms with Crippen LogP contribution in [0.5, 0.6) is 5.75 Å². The van der Waals surface area contributed by atoms with E-state index in [2.05, 4.69) is 15.9 Å². The minimum Gasteiger partial charge on any atom is -0.493 e. The number of ether oxygens (including phenoxy) is 1. The van der Waals surface area contributed by atoms with Crippen molar-refractivity contribution >= 4 is 15.9 Å². The fourth-order valence-corrected chi connectivity index (χ4v) is 1.70. The molecule has 0 fully saturated rings. The number of rotatable bonds is 0. The largest absolute Gasteiger partial charge is 0.493 e. The zero-order valence-corrected chi connectivity index (χ0v) is 8.27. The third-order valence-electron chi connectivity index (χ3n) is 2.01. The van der Waals surface area contributed by atoms with Crippen molar-refractivity contribution in [2.45, 2.75) is 12.3 Å². The third kappa shape index (κ3) is 1.55. The highest BCUT2D eigenvalue weighted by Crippen LogP contribution is 2.42. The van der Waals surface area contributed by atoms with E-state index in [4.69, 9.17) is 4.74 Å². The molecule has 0 atom stereocenters. The summed E-state index contributed by atoms with van der Waals surface area (Å²) in [5.41, 5.74) is -0.0203. The van der Waals surface area contributed by atoms with E-state index in [9.17, 15) is 8.78 Å². The summed E-state index contributed by atoms with van der Waals surface area (Å²) in [6.07, 6.45) is -0.240. The second kappa shape index (κ2) is 2.94. The molecule has 13 heavy (non-hydrogen) atoms. The molecule has 1 nitrogen and oxygen atoms in total. The molecule has 0 aliphatic carbocycles. The Labute approximate surface area is 82.8 Å². The molecule has 2 rings (SSSR count). The van der Waals surface area contributed by atoms with E-state index in [1.807, 2.05) is 0 Å². The minimum atomic E-state index is -2.75. The molecule has 1 aliphatic heterocycles. The zero-order chi connectivity index (χ0) is 9.47. The molecule has 0 saturated heterocycles. The topological polar surface area (TPSA) is 9.23 Å². The van der Waals surface area contributed by atoms with Gasteiger partial charge in [0.25, 0.3) is 5.92 Å². The van der Waals surface area contributed by atoms with Crippen LogP contribution in [0, 0.1) is 0 Å². The first-order valence-corrected chi connectivity index (χ1v) is 4.69. The predicted molar refractivity (Wildman–Crippen MR) is 48.1 cm³/mol. The van der Waals surface area contributed by atoms with Gasteiger partial charge in [-0.15, -0.1) is 0 Å². The molecular weight excluding hydrogens is 242 g/mol. The van der Waals surface area contributed by atoms with Crippen molar-refractivity contribution in [2.24, 2.45) is 0 Å². The van der Waals surface area contributed by atoms with Gasteiger partial charge in [0, 0.05) is 4.47 Å². The molecule has 1 aromatic rings. The van der Waals surface area contributed by atoms with E-state index in [1.54, 1.807) is 12.1 Å². The lowest BCUT2D eigenvalue weighted by Crippen LogP contribution is -2.23. The number of hydrogen-bond acceptors (Lipinski definition) is 1. The summed E-state index contributed by atoms with van der Waals surface area (Å²) < 4.78 is 32.3. The molecule has 1 aliphatic rings. The molecule has 0 amide bonds. The first kappa shape index (κ1) is 8.94. The molecule has 0 radical (unpaired) electrons. The highest BCUT2D eigenvalue weighted by molar-refractivity contribution is 9.10. The Hall–Kier alpha value is -0.640. The minimum absolute atomic E-state index is 0.0203. The normalized spacial score (nSPS) is 19.0. The maximum atomic E-state index is 13.3. The Morgan fingerprint density at radius 3 is 2.92 bits per heavy atom. The van der Waals surface area contributed by atoms with E-state index < -0.39 is 5.92 Å². The average Bonchev–Trinajstić information content (AvgIpc) is 2.06. The predicted octanol–water partition coefficient (Wildman–Crippen LogP) is 3.32. The van der Waals surface area contributed by atoms with Gasteiger partial charge in [-0.3, -0.25) is 0 Å². The maximum Gasteiger partial charge on any atom is 0.280 e. The van der Waals surface area contributed by atoms with Crippen LogP contribution in [-0.4, -0.2) is 6.61 Å². The van der Waals surface area contributed by atoms with Crippen molar-refractivity contribution in [3.8, 4) is 5.75 Å². The average molecular weight is 249 g/mol. The number of hydrogen-bond donors (Lipinski definition) is 0. The van der Waals surface area contributed by atoms with Gasteiger partial charge in [-0.2, -0.15) is 0 Å². The van der Waals surface area contributed by atoms with Gasteiger partial charge in [-0.05, 0) is 18.2 Å². The van der Waals surface area contributed by atoms with Crippen molar-refractivity contribution in [3.63, 3.8) is 0 Å². The molecule has 1 heterocycles. The van der Waals surface area contributed by atoms with E-state index in [0.29, 0.717) is 10.2 Å². The Bertz CT molecular complexity index is 338. The first-order chi connectivity index (χ1) is 6.09. The van der Waals surface area contributed by atoms with Crippen molar-refractivity contribution in [3.05, 3.63) is 28.2 Å². The number of halogens is 3. The Morgan fingerprint density at radius 1 is 1.38 bits per heavy atom. The molecule has 0 N–H and O–H groups in total. The molecule has 0 aromatic heterocycles. The van der Waals surface area contributed by atoms with Crippen LogP contribution in [-0.2, 0) is 5.92 Å². The highest BCUT2D eigenvalue weighted by Gasteiger charge is 2.37. The van der Waals surface area contributed by atoms with E-state index in [0.717, 1.165) is 0 Å². The maximum absolute atomic E-state index is 13.3. The van der Waals surface area contributed by atoms with E-state index >= 15 is 0 Å². The van der Waals surface area contributed by atoms with Gasteiger partial charge in [-0.1, -0.05) is 15.9 Å². The summed E-state index contributed by atoms with van der Waals surface area (Å²) in [6, 6.07) is 4.67. The van der Waals surface area contributed by atoms with Crippen LogP contribution in [0.25, 0.3) is 0 Å². The van der Waals surface area contributed by atoms with E-state index in [-0.39, 0.29) is 18.6 Å². The van der Waals surface area contributed by atoms with Crippen molar-refractivity contribution in [2.75, 3.05) is 6.61 Å².